The van der Waals surface area contributed by atoms with Crippen LogP contribution in [-0.4, -0.2) is 6.61 Å². The number of hydrogen-bond donors (Lipinski definition) is 1. The first kappa shape index (κ1) is 13.9. The molecular weight excluding hydrogens is 290 g/mol. The largest absolute Gasteiger partial charge is 0.493 e. The Morgan fingerprint density at radius 2 is 2.11 bits per heavy atom. The molecule has 100 valence electrons. The monoisotopic (exact) mass is 311 g/mol. The molecule has 1 saturated carbocycles. The predicted molar refractivity (Wildman–Crippen MR) is 78.8 cm³/mol. The van der Waals surface area contributed by atoms with Crippen LogP contribution in [0.15, 0.2) is 22.7 Å². The first-order chi connectivity index (χ1) is 8.70. The van der Waals surface area contributed by atoms with Gasteiger partial charge in [-0.25, -0.2) is 0 Å². The van der Waals surface area contributed by atoms with E-state index in [1.54, 1.807) is 0 Å². The molecule has 0 aliphatic heterocycles. The highest BCUT2D eigenvalue weighted by Gasteiger charge is 2.19. The molecule has 0 radical (unpaired) electrons. The van der Waals surface area contributed by atoms with Crippen molar-refractivity contribution in [1.29, 1.82) is 0 Å². The van der Waals surface area contributed by atoms with Crippen LogP contribution in [0, 0.1) is 5.92 Å². The van der Waals surface area contributed by atoms with Gasteiger partial charge in [0.05, 0.1) is 11.1 Å². The van der Waals surface area contributed by atoms with E-state index in [9.17, 15) is 0 Å². The minimum absolute atomic E-state index is 0.153. The summed E-state index contributed by atoms with van der Waals surface area (Å²) in [5.41, 5.74) is 7.51. The second kappa shape index (κ2) is 6.58. The van der Waals surface area contributed by atoms with Crippen molar-refractivity contribution in [2.24, 2.45) is 11.7 Å². The topological polar surface area (TPSA) is 35.2 Å². The molecule has 1 unspecified atom stereocenters. The zero-order chi connectivity index (χ0) is 13.0. The summed E-state index contributed by atoms with van der Waals surface area (Å²) in [5, 5.41) is 0. The average molecular weight is 312 g/mol. The van der Waals surface area contributed by atoms with Gasteiger partial charge in [-0.15, -0.1) is 0 Å². The van der Waals surface area contributed by atoms with Crippen LogP contribution in [0.3, 0.4) is 0 Å². The number of hydrogen-bond acceptors (Lipinski definition) is 2. The summed E-state index contributed by atoms with van der Waals surface area (Å²) in [6.07, 6.45) is 6.58. The summed E-state index contributed by atoms with van der Waals surface area (Å²) in [6.45, 7) is 2.68. The highest BCUT2D eigenvalue weighted by atomic mass is 79.9. The number of benzene rings is 1. The SMILES string of the molecule is CCOc1ccc(C(N)CC2CCCC2)cc1Br. The van der Waals surface area contributed by atoms with E-state index in [1.807, 2.05) is 13.0 Å². The maximum absolute atomic E-state index is 6.31. The molecule has 0 saturated heterocycles. The summed E-state index contributed by atoms with van der Waals surface area (Å²) in [4.78, 5) is 0. The van der Waals surface area contributed by atoms with Gasteiger partial charge in [0.1, 0.15) is 5.75 Å². The number of halogens is 1. The van der Waals surface area contributed by atoms with Crippen molar-refractivity contribution in [3.63, 3.8) is 0 Å². The lowest BCUT2D eigenvalue weighted by Crippen LogP contribution is -2.14. The average Bonchev–Trinajstić information content (AvgIpc) is 2.84. The maximum atomic E-state index is 6.31. The molecule has 0 aromatic heterocycles. The Labute approximate surface area is 118 Å². The van der Waals surface area contributed by atoms with Crippen molar-refractivity contribution in [1.82, 2.24) is 0 Å². The van der Waals surface area contributed by atoms with Crippen LogP contribution in [-0.2, 0) is 0 Å². The third kappa shape index (κ3) is 3.48. The van der Waals surface area contributed by atoms with Crippen LogP contribution >= 0.6 is 15.9 Å². The van der Waals surface area contributed by atoms with Gasteiger partial charge >= 0.3 is 0 Å². The van der Waals surface area contributed by atoms with Crippen LogP contribution in [0.4, 0.5) is 0 Å². The van der Waals surface area contributed by atoms with Crippen molar-refractivity contribution in [2.75, 3.05) is 6.61 Å². The third-order valence-corrected chi connectivity index (χ3v) is 4.37. The Morgan fingerprint density at radius 3 is 2.72 bits per heavy atom. The highest BCUT2D eigenvalue weighted by Crippen LogP contribution is 2.34. The Balaban J connectivity index is 2.01. The molecule has 1 fully saturated rings. The maximum Gasteiger partial charge on any atom is 0.133 e. The standard InChI is InChI=1S/C15H22BrNO/c1-2-18-15-8-7-12(10-13(15)16)14(17)9-11-5-3-4-6-11/h7-8,10-11,14H,2-6,9,17H2,1H3. The van der Waals surface area contributed by atoms with E-state index in [1.165, 1.54) is 31.2 Å². The zero-order valence-electron chi connectivity index (χ0n) is 11.0. The van der Waals surface area contributed by atoms with E-state index < -0.39 is 0 Å². The summed E-state index contributed by atoms with van der Waals surface area (Å²) in [6, 6.07) is 6.36. The van der Waals surface area contributed by atoms with Gasteiger partial charge in [-0.2, -0.15) is 0 Å². The van der Waals surface area contributed by atoms with Crippen LogP contribution in [0.25, 0.3) is 0 Å². The fourth-order valence-electron chi connectivity index (χ4n) is 2.76. The Hall–Kier alpha value is -0.540. The number of ether oxygens (including phenoxy) is 1. The van der Waals surface area contributed by atoms with Crippen LogP contribution in [0.5, 0.6) is 5.75 Å². The summed E-state index contributed by atoms with van der Waals surface area (Å²) in [5.74, 6) is 1.72. The van der Waals surface area contributed by atoms with E-state index in [0.29, 0.717) is 6.61 Å². The summed E-state index contributed by atoms with van der Waals surface area (Å²) >= 11 is 3.55. The van der Waals surface area contributed by atoms with Gasteiger partial charge < -0.3 is 10.5 Å². The van der Waals surface area contributed by atoms with E-state index in [4.69, 9.17) is 10.5 Å². The molecule has 2 N–H and O–H groups in total. The quantitative estimate of drug-likeness (QED) is 0.873. The molecule has 1 aromatic carbocycles. The number of nitrogens with two attached hydrogens (primary N) is 1. The van der Waals surface area contributed by atoms with Gasteiger partial charge in [0.15, 0.2) is 0 Å². The van der Waals surface area contributed by atoms with Crippen molar-refractivity contribution in [3.05, 3.63) is 28.2 Å². The van der Waals surface area contributed by atoms with Gasteiger partial charge in [-0.1, -0.05) is 31.7 Å². The molecule has 1 aliphatic rings. The molecule has 0 bridgehead atoms. The first-order valence-electron chi connectivity index (χ1n) is 6.88. The molecule has 2 rings (SSSR count). The van der Waals surface area contributed by atoms with E-state index >= 15 is 0 Å². The van der Waals surface area contributed by atoms with E-state index in [2.05, 4.69) is 28.1 Å². The van der Waals surface area contributed by atoms with Crippen molar-refractivity contribution < 1.29 is 4.74 Å². The Bertz CT molecular complexity index is 388. The normalized spacial score (nSPS) is 17.9. The lowest BCUT2D eigenvalue weighted by atomic mass is 9.94. The van der Waals surface area contributed by atoms with Crippen molar-refractivity contribution >= 4 is 15.9 Å². The predicted octanol–water partition coefficient (Wildman–Crippen LogP) is 4.43. The minimum atomic E-state index is 0.153. The fraction of sp³-hybridized carbons (Fsp3) is 0.600. The molecule has 1 aromatic rings. The van der Waals surface area contributed by atoms with Gasteiger partial charge in [0, 0.05) is 6.04 Å². The van der Waals surface area contributed by atoms with Crippen molar-refractivity contribution in [3.8, 4) is 5.75 Å². The molecular formula is C15H22BrNO. The van der Waals surface area contributed by atoms with Gasteiger partial charge in [-0.3, -0.25) is 0 Å². The van der Waals surface area contributed by atoms with Crippen LogP contribution in [0.1, 0.15) is 50.6 Å². The second-order valence-corrected chi connectivity index (χ2v) is 5.97. The first-order valence-corrected chi connectivity index (χ1v) is 7.67. The third-order valence-electron chi connectivity index (χ3n) is 3.75. The molecule has 0 heterocycles. The van der Waals surface area contributed by atoms with Crippen molar-refractivity contribution in [2.45, 2.75) is 45.1 Å². The van der Waals surface area contributed by atoms with Gasteiger partial charge in [0.25, 0.3) is 0 Å². The molecule has 0 spiro atoms. The smallest absolute Gasteiger partial charge is 0.133 e. The van der Waals surface area contributed by atoms with Crippen LogP contribution < -0.4 is 10.5 Å². The Kier molecular flexibility index (Phi) is 5.07. The molecule has 0 amide bonds. The molecule has 1 aliphatic carbocycles. The Morgan fingerprint density at radius 1 is 1.39 bits per heavy atom. The second-order valence-electron chi connectivity index (χ2n) is 5.12. The fourth-order valence-corrected chi connectivity index (χ4v) is 3.27. The lowest BCUT2D eigenvalue weighted by molar-refractivity contribution is 0.338. The molecule has 3 heteroatoms. The lowest BCUT2D eigenvalue weighted by Gasteiger charge is -2.17. The summed E-state index contributed by atoms with van der Waals surface area (Å²) in [7, 11) is 0. The highest BCUT2D eigenvalue weighted by molar-refractivity contribution is 9.10. The summed E-state index contributed by atoms with van der Waals surface area (Å²) < 4.78 is 6.52. The number of rotatable bonds is 5. The zero-order valence-corrected chi connectivity index (χ0v) is 12.6. The van der Waals surface area contributed by atoms with Crippen LogP contribution in [0.2, 0.25) is 0 Å². The molecule has 1 atom stereocenters. The molecule has 2 nitrogen and oxygen atoms in total. The minimum Gasteiger partial charge on any atom is -0.493 e. The van der Waals surface area contributed by atoms with Gasteiger partial charge in [0.2, 0.25) is 0 Å². The van der Waals surface area contributed by atoms with E-state index in [0.717, 1.165) is 22.6 Å². The van der Waals surface area contributed by atoms with E-state index in [-0.39, 0.29) is 6.04 Å². The van der Waals surface area contributed by atoms with Gasteiger partial charge in [-0.05, 0) is 52.9 Å². The molecule has 18 heavy (non-hydrogen) atoms.